The molecule has 0 aliphatic carbocycles. The normalized spacial score (nSPS) is 12.2. The summed E-state index contributed by atoms with van der Waals surface area (Å²) in [6.45, 7) is 1.95. The van der Waals surface area contributed by atoms with Crippen LogP contribution < -0.4 is 28.0 Å². The van der Waals surface area contributed by atoms with Crippen LogP contribution in [0.2, 0.25) is 0 Å². The number of aliphatic hydroxyl groups excluding tert-OH is 1. The number of primary amides is 1. The van der Waals surface area contributed by atoms with E-state index in [0.29, 0.717) is 13.0 Å². The van der Waals surface area contributed by atoms with Crippen LogP contribution in [-0.2, 0) is 18.4 Å². The lowest BCUT2D eigenvalue weighted by Gasteiger charge is -2.16. The molecule has 1 rings (SSSR count). The summed E-state index contributed by atoms with van der Waals surface area (Å²) in [4.78, 5) is 34.6. The summed E-state index contributed by atoms with van der Waals surface area (Å²) in [5.74, 6) is -0.952. The van der Waals surface area contributed by atoms with Gasteiger partial charge in [0.1, 0.15) is 17.6 Å². The van der Waals surface area contributed by atoms with Gasteiger partial charge < -0.3 is 21.9 Å². The van der Waals surface area contributed by atoms with Crippen LogP contribution >= 0.6 is 0 Å². The van der Waals surface area contributed by atoms with Gasteiger partial charge in [0.05, 0.1) is 6.54 Å². The summed E-state index contributed by atoms with van der Waals surface area (Å²) in [5.41, 5.74) is 9.51. The van der Waals surface area contributed by atoms with Crippen LogP contribution in [0.15, 0.2) is 9.59 Å². The van der Waals surface area contributed by atoms with Crippen LogP contribution in [0.5, 0.6) is 0 Å². The molecule has 0 radical (unpaired) electrons. The van der Waals surface area contributed by atoms with Crippen LogP contribution in [0, 0.1) is 0 Å². The topological polar surface area (TPSA) is 145 Å². The Labute approximate surface area is 114 Å². The second kappa shape index (κ2) is 6.24. The molecule has 0 aromatic carbocycles. The molecule has 0 bridgehead atoms. The van der Waals surface area contributed by atoms with Crippen LogP contribution in [0.1, 0.15) is 13.3 Å². The van der Waals surface area contributed by atoms with E-state index in [1.54, 1.807) is 0 Å². The van der Waals surface area contributed by atoms with Crippen molar-refractivity contribution in [2.24, 2.45) is 12.8 Å². The molecule has 0 aliphatic rings. The number of hydrogen-bond acceptors (Lipinski definition) is 6. The Hall–Kier alpha value is -2.29. The Bertz CT molecular complexity index is 618. The summed E-state index contributed by atoms with van der Waals surface area (Å²) < 4.78 is 2.16. The molecule has 9 heteroatoms. The predicted octanol–water partition coefficient (Wildman–Crippen LogP) is -2.20. The van der Waals surface area contributed by atoms with Crippen molar-refractivity contribution in [2.45, 2.75) is 26.0 Å². The zero-order valence-corrected chi connectivity index (χ0v) is 11.4. The lowest BCUT2D eigenvalue weighted by atomic mass is 10.3. The Morgan fingerprint density at radius 2 is 2.05 bits per heavy atom. The van der Waals surface area contributed by atoms with Crippen molar-refractivity contribution in [1.29, 1.82) is 0 Å². The summed E-state index contributed by atoms with van der Waals surface area (Å²) in [7, 11) is 1.33. The van der Waals surface area contributed by atoms with Gasteiger partial charge in [0.2, 0.25) is 5.91 Å². The zero-order chi connectivity index (χ0) is 15.4. The number of nitrogens with one attached hydrogen (secondary N) is 1. The molecule has 0 saturated carbocycles. The van der Waals surface area contributed by atoms with Crippen molar-refractivity contribution in [3.8, 4) is 0 Å². The van der Waals surface area contributed by atoms with Gasteiger partial charge in [0.15, 0.2) is 0 Å². The van der Waals surface area contributed by atoms with Gasteiger partial charge >= 0.3 is 5.69 Å². The molecule has 0 aliphatic heterocycles. The van der Waals surface area contributed by atoms with Gasteiger partial charge in [-0.1, -0.05) is 6.92 Å². The first-order valence-corrected chi connectivity index (χ1v) is 6.11. The molecule has 0 saturated heterocycles. The summed E-state index contributed by atoms with van der Waals surface area (Å²) in [5, 5.41) is 11.9. The highest BCUT2D eigenvalue weighted by atomic mass is 16.3. The number of anilines is 2. The van der Waals surface area contributed by atoms with Gasteiger partial charge in [-0.05, 0) is 6.42 Å². The number of carbonyl (C=O) groups is 1. The first kappa shape index (κ1) is 15.8. The van der Waals surface area contributed by atoms with E-state index in [0.717, 1.165) is 4.57 Å². The van der Waals surface area contributed by atoms with Crippen LogP contribution in [0.4, 0.5) is 11.5 Å². The molecule has 1 aromatic heterocycles. The Morgan fingerprint density at radius 3 is 2.55 bits per heavy atom. The van der Waals surface area contributed by atoms with Gasteiger partial charge in [0, 0.05) is 13.6 Å². The second-order valence-electron chi connectivity index (χ2n) is 4.36. The predicted molar refractivity (Wildman–Crippen MR) is 74.3 cm³/mol. The number of carbonyl (C=O) groups excluding carboxylic acids is 1. The van der Waals surface area contributed by atoms with E-state index in [1.807, 2.05) is 6.92 Å². The van der Waals surface area contributed by atoms with Crippen molar-refractivity contribution in [3.63, 3.8) is 0 Å². The number of nitrogen functional groups attached to an aromatic ring is 1. The lowest BCUT2D eigenvalue weighted by Crippen LogP contribution is -2.42. The Morgan fingerprint density at radius 1 is 1.45 bits per heavy atom. The molecule has 112 valence electrons. The van der Waals surface area contributed by atoms with E-state index in [9.17, 15) is 19.5 Å². The first-order valence-electron chi connectivity index (χ1n) is 6.11. The number of rotatable bonds is 6. The van der Waals surface area contributed by atoms with Gasteiger partial charge in [0.25, 0.3) is 5.56 Å². The number of nitrogens with zero attached hydrogens (tertiary/aromatic N) is 2. The largest absolute Gasteiger partial charge is 0.383 e. The van der Waals surface area contributed by atoms with E-state index in [4.69, 9.17) is 11.5 Å². The van der Waals surface area contributed by atoms with Crippen molar-refractivity contribution in [3.05, 3.63) is 20.8 Å². The number of aromatic nitrogens is 2. The molecule has 0 fully saturated rings. The fraction of sp³-hybridized carbons (Fsp3) is 0.545. The third-order valence-corrected chi connectivity index (χ3v) is 2.83. The molecule has 6 N–H and O–H groups in total. The fourth-order valence-corrected chi connectivity index (χ4v) is 1.69. The van der Waals surface area contributed by atoms with Crippen molar-refractivity contribution < 1.29 is 9.90 Å². The molecule has 1 atom stereocenters. The average molecular weight is 285 g/mol. The first-order chi connectivity index (χ1) is 9.31. The Kier molecular flexibility index (Phi) is 4.92. The molecular formula is C11H19N5O4. The third-order valence-electron chi connectivity index (χ3n) is 2.83. The summed E-state index contributed by atoms with van der Waals surface area (Å²) >= 11 is 0. The average Bonchev–Trinajstić information content (AvgIpc) is 2.40. The lowest BCUT2D eigenvalue weighted by molar-refractivity contribution is -0.125. The van der Waals surface area contributed by atoms with Gasteiger partial charge in [-0.25, -0.2) is 4.79 Å². The quantitative estimate of drug-likeness (QED) is 0.466. The van der Waals surface area contributed by atoms with Crippen LogP contribution in [0.25, 0.3) is 0 Å². The Balaban J connectivity index is 3.23. The number of amides is 1. The van der Waals surface area contributed by atoms with E-state index >= 15 is 0 Å². The standard InChI is InChI=1S/C11H19N5O4/c1-3-4-16-8(12)7(10(19)15(2)11(16)20)14-5-6(17)9(13)18/h6,14,17H,3-5,12H2,1-2H3,(H2,13,18). The minimum atomic E-state index is -1.45. The van der Waals surface area contributed by atoms with Crippen LogP contribution in [-0.4, -0.2) is 32.8 Å². The molecule has 9 nitrogen and oxygen atoms in total. The van der Waals surface area contributed by atoms with E-state index in [2.05, 4.69) is 5.32 Å². The van der Waals surface area contributed by atoms with Gasteiger partial charge in [-0.15, -0.1) is 0 Å². The van der Waals surface area contributed by atoms with E-state index in [-0.39, 0.29) is 18.1 Å². The molecule has 1 unspecified atom stereocenters. The number of hydrogen-bond donors (Lipinski definition) is 4. The van der Waals surface area contributed by atoms with Gasteiger partial charge in [-0.2, -0.15) is 0 Å². The summed E-state index contributed by atoms with van der Waals surface area (Å²) in [6, 6.07) is 0. The van der Waals surface area contributed by atoms with Crippen LogP contribution in [0.3, 0.4) is 0 Å². The maximum Gasteiger partial charge on any atom is 0.332 e. The number of nitrogens with two attached hydrogens (primary N) is 2. The second-order valence-corrected chi connectivity index (χ2v) is 4.36. The maximum absolute atomic E-state index is 12.0. The molecule has 1 heterocycles. The smallest absolute Gasteiger partial charge is 0.332 e. The molecule has 0 spiro atoms. The molecule has 20 heavy (non-hydrogen) atoms. The SMILES string of the molecule is CCCn1c(N)c(NCC(O)C(N)=O)c(=O)n(C)c1=O. The summed E-state index contributed by atoms with van der Waals surface area (Å²) in [6.07, 6.45) is -0.795. The maximum atomic E-state index is 12.0. The van der Waals surface area contributed by atoms with Crippen molar-refractivity contribution in [2.75, 3.05) is 17.6 Å². The highest BCUT2D eigenvalue weighted by Crippen LogP contribution is 2.10. The minimum Gasteiger partial charge on any atom is -0.383 e. The van der Waals surface area contributed by atoms with Crippen molar-refractivity contribution in [1.82, 2.24) is 9.13 Å². The zero-order valence-electron chi connectivity index (χ0n) is 11.4. The highest BCUT2D eigenvalue weighted by molar-refractivity contribution is 5.79. The van der Waals surface area contributed by atoms with E-state index < -0.39 is 23.3 Å². The van der Waals surface area contributed by atoms with Crippen molar-refractivity contribution >= 4 is 17.4 Å². The highest BCUT2D eigenvalue weighted by Gasteiger charge is 2.17. The van der Waals surface area contributed by atoms with E-state index in [1.165, 1.54) is 11.6 Å². The minimum absolute atomic E-state index is 0.0309. The fourth-order valence-electron chi connectivity index (χ4n) is 1.69. The number of aliphatic hydroxyl groups is 1. The monoisotopic (exact) mass is 285 g/mol. The molecule has 1 aromatic rings. The van der Waals surface area contributed by atoms with Gasteiger partial charge in [-0.3, -0.25) is 18.7 Å². The third kappa shape index (κ3) is 2.99. The molecular weight excluding hydrogens is 266 g/mol. The molecule has 1 amide bonds.